The molecule has 1 saturated heterocycles. The van der Waals surface area contributed by atoms with Gasteiger partial charge in [-0.3, -0.25) is 0 Å². The van der Waals surface area contributed by atoms with Crippen LogP contribution < -0.4 is 5.32 Å². The molecular weight excluding hydrogens is 280 g/mol. The third kappa shape index (κ3) is 4.43. The summed E-state index contributed by atoms with van der Waals surface area (Å²) in [5.74, 6) is 0.448. The summed E-state index contributed by atoms with van der Waals surface area (Å²) >= 11 is 1.37. The van der Waals surface area contributed by atoms with Crippen LogP contribution in [0.1, 0.15) is 19.8 Å². The molecule has 112 valence electrons. The summed E-state index contributed by atoms with van der Waals surface area (Å²) in [6, 6.07) is 3.88. The second kappa shape index (κ2) is 7.96. The minimum absolute atomic E-state index is 0.283. The molecule has 2 nitrogen and oxygen atoms in total. The van der Waals surface area contributed by atoms with E-state index in [0.29, 0.717) is 10.8 Å². The molecule has 0 bridgehead atoms. The smallest absolute Gasteiger partial charge is 0.136 e. The first-order chi connectivity index (χ1) is 9.70. The Bertz CT molecular complexity index is 424. The lowest BCUT2D eigenvalue weighted by Crippen LogP contribution is -2.39. The van der Waals surface area contributed by atoms with E-state index in [1.54, 1.807) is 0 Å². The molecule has 1 fully saturated rings. The van der Waals surface area contributed by atoms with Crippen molar-refractivity contribution in [2.75, 3.05) is 25.5 Å². The predicted molar refractivity (Wildman–Crippen MR) is 78.1 cm³/mol. The second-order valence-corrected chi connectivity index (χ2v) is 6.13. The fourth-order valence-corrected chi connectivity index (χ4v) is 3.48. The Morgan fingerprint density at radius 1 is 1.45 bits per heavy atom. The van der Waals surface area contributed by atoms with E-state index >= 15 is 0 Å². The maximum Gasteiger partial charge on any atom is 0.136 e. The minimum atomic E-state index is -0.392. The van der Waals surface area contributed by atoms with Crippen molar-refractivity contribution in [1.82, 2.24) is 5.32 Å². The van der Waals surface area contributed by atoms with Gasteiger partial charge in [0.2, 0.25) is 0 Å². The predicted octanol–water partition coefficient (Wildman–Crippen LogP) is 3.46. The largest absolute Gasteiger partial charge is 0.381 e. The third-order valence-electron chi connectivity index (χ3n) is 3.50. The van der Waals surface area contributed by atoms with Crippen molar-refractivity contribution in [2.45, 2.75) is 30.7 Å². The van der Waals surface area contributed by atoms with Crippen LogP contribution in [0.4, 0.5) is 8.78 Å². The van der Waals surface area contributed by atoms with E-state index in [4.69, 9.17) is 4.74 Å². The highest BCUT2D eigenvalue weighted by Gasteiger charge is 2.25. The highest BCUT2D eigenvalue weighted by atomic mass is 32.2. The van der Waals surface area contributed by atoms with Gasteiger partial charge in [-0.15, -0.1) is 11.8 Å². The van der Waals surface area contributed by atoms with Crippen LogP contribution in [0.3, 0.4) is 0 Å². The highest BCUT2D eigenvalue weighted by molar-refractivity contribution is 7.99. The molecule has 1 aliphatic rings. The molecule has 2 unspecified atom stereocenters. The van der Waals surface area contributed by atoms with Gasteiger partial charge >= 0.3 is 0 Å². The van der Waals surface area contributed by atoms with Crippen molar-refractivity contribution in [3.05, 3.63) is 29.8 Å². The van der Waals surface area contributed by atoms with Crippen LogP contribution in [0.5, 0.6) is 0 Å². The molecule has 1 aromatic rings. The fraction of sp³-hybridized carbons (Fsp3) is 0.600. The SMILES string of the molecule is CCCNC(CSc1cc(F)ccc1F)C1CCOC1. The molecular formula is C15H21F2NOS. The summed E-state index contributed by atoms with van der Waals surface area (Å²) in [7, 11) is 0. The number of ether oxygens (including phenoxy) is 1. The molecule has 20 heavy (non-hydrogen) atoms. The van der Waals surface area contributed by atoms with Crippen molar-refractivity contribution >= 4 is 11.8 Å². The maximum absolute atomic E-state index is 13.6. The number of hydrogen-bond acceptors (Lipinski definition) is 3. The zero-order valence-electron chi connectivity index (χ0n) is 11.7. The van der Waals surface area contributed by atoms with Gasteiger partial charge in [-0.25, -0.2) is 8.78 Å². The Hall–Kier alpha value is -0.650. The van der Waals surface area contributed by atoms with Gasteiger partial charge < -0.3 is 10.1 Å². The fourth-order valence-electron chi connectivity index (χ4n) is 2.33. The molecule has 0 aromatic heterocycles. The molecule has 0 radical (unpaired) electrons. The molecule has 1 aliphatic heterocycles. The summed E-state index contributed by atoms with van der Waals surface area (Å²) in [6.07, 6.45) is 2.09. The van der Waals surface area contributed by atoms with Crippen molar-refractivity contribution in [1.29, 1.82) is 0 Å². The Morgan fingerprint density at radius 2 is 2.30 bits per heavy atom. The lowest BCUT2D eigenvalue weighted by atomic mass is 10.0. The summed E-state index contributed by atoms with van der Waals surface area (Å²) in [6.45, 7) is 4.61. The zero-order chi connectivity index (χ0) is 14.4. The normalized spacial score (nSPS) is 20.2. The first kappa shape index (κ1) is 15.7. The van der Waals surface area contributed by atoms with Gasteiger partial charge in [0.15, 0.2) is 0 Å². The lowest BCUT2D eigenvalue weighted by Gasteiger charge is -2.23. The molecule has 1 heterocycles. The molecule has 2 atom stereocenters. The maximum atomic E-state index is 13.6. The molecule has 0 saturated carbocycles. The van der Waals surface area contributed by atoms with Crippen LogP contribution in [0.2, 0.25) is 0 Å². The van der Waals surface area contributed by atoms with E-state index in [9.17, 15) is 8.78 Å². The number of rotatable bonds is 7. The van der Waals surface area contributed by atoms with E-state index in [-0.39, 0.29) is 11.9 Å². The van der Waals surface area contributed by atoms with Crippen LogP contribution in [-0.4, -0.2) is 31.6 Å². The number of thioether (sulfide) groups is 1. The second-order valence-electron chi connectivity index (χ2n) is 5.07. The number of halogens is 2. The van der Waals surface area contributed by atoms with Gasteiger partial charge in [0.1, 0.15) is 11.6 Å². The van der Waals surface area contributed by atoms with Crippen LogP contribution in [0.15, 0.2) is 23.1 Å². The van der Waals surface area contributed by atoms with E-state index in [1.807, 2.05) is 0 Å². The molecule has 2 rings (SSSR count). The Kier molecular flexibility index (Phi) is 6.26. The van der Waals surface area contributed by atoms with Crippen LogP contribution in [0, 0.1) is 17.6 Å². The topological polar surface area (TPSA) is 21.3 Å². The molecule has 0 aliphatic carbocycles. The summed E-state index contributed by atoms with van der Waals surface area (Å²) < 4.78 is 32.2. The summed E-state index contributed by atoms with van der Waals surface area (Å²) in [5.41, 5.74) is 0. The average Bonchev–Trinajstić information content (AvgIpc) is 2.96. The van der Waals surface area contributed by atoms with Crippen molar-refractivity contribution < 1.29 is 13.5 Å². The zero-order valence-corrected chi connectivity index (χ0v) is 12.5. The van der Waals surface area contributed by atoms with Crippen molar-refractivity contribution in [3.63, 3.8) is 0 Å². The van der Waals surface area contributed by atoms with E-state index in [1.165, 1.54) is 23.9 Å². The van der Waals surface area contributed by atoms with Crippen molar-refractivity contribution in [2.24, 2.45) is 5.92 Å². The number of benzene rings is 1. The van der Waals surface area contributed by atoms with Crippen LogP contribution in [0.25, 0.3) is 0 Å². The average molecular weight is 301 g/mol. The van der Waals surface area contributed by atoms with Gasteiger partial charge in [0.25, 0.3) is 0 Å². The Labute approximate surface area is 123 Å². The first-order valence-electron chi connectivity index (χ1n) is 7.09. The Balaban J connectivity index is 1.94. The van der Waals surface area contributed by atoms with Crippen LogP contribution in [-0.2, 0) is 4.74 Å². The van der Waals surface area contributed by atoms with Gasteiger partial charge in [-0.2, -0.15) is 0 Å². The quantitative estimate of drug-likeness (QED) is 0.779. The summed E-state index contributed by atoms with van der Waals surface area (Å²) in [5, 5.41) is 3.50. The minimum Gasteiger partial charge on any atom is -0.381 e. The van der Waals surface area contributed by atoms with Gasteiger partial charge in [0, 0.05) is 29.2 Å². The van der Waals surface area contributed by atoms with Gasteiger partial charge in [-0.1, -0.05) is 6.92 Å². The van der Waals surface area contributed by atoms with Gasteiger partial charge in [0.05, 0.1) is 6.61 Å². The third-order valence-corrected chi connectivity index (χ3v) is 4.65. The molecule has 0 amide bonds. The van der Waals surface area contributed by atoms with Crippen LogP contribution >= 0.6 is 11.8 Å². The first-order valence-corrected chi connectivity index (χ1v) is 8.08. The van der Waals surface area contributed by atoms with E-state index in [0.717, 1.165) is 44.4 Å². The summed E-state index contributed by atoms with van der Waals surface area (Å²) in [4.78, 5) is 0.382. The number of nitrogens with one attached hydrogen (secondary N) is 1. The number of hydrogen-bond donors (Lipinski definition) is 1. The van der Waals surface area contributed by atoms with E-state index < -0.39 is 5.82 Å². The Morgan fingerprint density at radius 3 is 3.00 bits per heavy atom. The van der Waals surface area contributed by atoms with E-state index in [2.05, 4.69) is 12.2 Å². The molecule has 5 heteroatoms. The molecule has 0 spiro atoms. The van der Waals surface area contributed by atoms with Crippen molar-refractivity contribution in [3.8, 4) is 0 Å². The molecule has 1 N–H and O–H groups in total. The standard InChI is InChI=1S/C15H21F2NOS/c1-2-6-18-14(11-5-7-19-9-11)10-20-15-8-12(16)3-4-13(15)17/h3-4,8,11,14,18H,2,5-7,9-10H2,1H3. The lowest BCUT2D eigenvalue weighted by molar-refractivity contribution is 0.179. The molecule has 1 aromatic carbocycles. The monoisotopic (exact) mass is 301 g/mol. The van der Waals surface area contributed by atoms with Gasteiger partial charge in [-0.05, 0) is 37.6 Å². The highest BCUT2D eigenvalue weighted by Crippen LogP contribution is 2.27.